The highest BCUT2D eigenvalue weighted by Crippen LogP contribution is 2.17. The Morgan fingerprint density at radius 1 is 0.682 bits per heavy atom. The predicted molar refractivity (Wildman–Crippen MR) is 93.9 cm³/mol. The lowest BCUT2D eigenvalue weighted by molar-refractivity contribution is -0.369. The number of hydrogen-bond donors (Lipinski definition) is 0. The van der Waals surface area contributed by atoms with Crippen LogP contribution in [0.3, 0.4) is 0 Å². The van der Waals surface area contributed by atoms with E-state index in [2.05, 4.69) is 45.1 Å². The van der Waals surface area contributed by atoms with E-state index in [9.17, 15) is 0 Å². The minimum Gasteiger partial charge on any atom is -0.328 e. The number of rotatable bonds is 15. The lowest BCUT2D eigenvalue weighted by Crippen LogP contribution is -2.37. The van der Waals surface area contributed by atoms with E-state index in [4.69, 9.17) is 14.2 Å². The third-order valence-electron chi connectivity index (χ3n) is 3.21. The summed E-state index contributed by atoms with van der Waals surface area (Å²) in [6, 6.07) is 0. The van der Waals surface area contributed by atoms with Gasteiger partial charge in [0.1, 0.15) is 0 Å². The quantitative estimate of drug-likeness (QED) is 0.223. The molecular formula is C19H36O3. The van der Waals surface area contributed by atoms with Gasteiger partial charge in [-0.25, -0.2) is 0 Å². The first kappa shape index (κ1) is 21.4. The summed E-state index contributed by atoms with van der Waals surface area (Å²) >= 11 is 0. The molecule has 0 aliphatic heterocycles. The van der Waals surface area contributed by atoms with Crippen LogP contribution in [0.25, 0.3) is 0 Å². The SMILES string of the molecule is CCC=CCCOC(C)(OCCC=CCC)OCCCCC. The Morgan fingerprint density at radius 2 is 1.18 bits per heavy atom. The third kappa shape index (κ3) is 13.1. The van der Waals surface area contributed by atoms with Crippen LogP contribution in [0, 0.1) is 0 Å². The summed E-state index contributed by atoms with van der Waals surface area (Å²) in [6.07, 6.45) is 15.9. The molecule has 130 valence electrons. The molecule has 0 aromatic rings. The highest BCUT2D eigenvalue weighted by atomic mass is 16.9. The fourth-order valence-corrected chi connectivity index (χ4v) is 1.93. The van der Waals surface area contributed by atoms with E-state index in [1.54, 1.807) is 0 Å². The van der Waals surface area contributed by atoms with Gasteiger partial charge in [-0.1, -0.05) is 57.9 Å². The van der Waals surface area contributed by atoms with Crippen LogP contribution in [0.4, 0.5) is 0 Å². The van der Waals surface area contributed by atoms with Gasteiger partial charge >= 0.3 is 0 Å². The Kier molecular flexibility index (Phi) is 14.8. The van der Waals surface area contributed by atoms with Gasteiger partial charge < -0.3 is 14.2 Å². The molecule has 22 heavy (non-hydrogen) atoms. The standard InChI is InChI=1S/C19H36O3/c1-5-8-11-14-17-21-19(4,20-16-13-10-7-3)22-18-15-12-9-6-2/h8-9,11-12H,5-7,10,13-18H2,1-4H3. The maximum absolute atomic E-state index is 5.85. The zero-order chi connectivity index (χ0) is 16.5. The van der Waals surface area contributed by atoms with Gasteiger partial charge in [-0.15, -0.1) is 0 Å². The van der Waals surface area contributed by atoms with E-state index in [0.717, 1.165) is 32.1 Å². The van der Waals surface area contributed by atoms with Gasteiger partial charge in [0, 0.05) is 6.92 Å². The second kappa shape index (κ2) is 15.3. The molecule has 0 saturated heterocycles. The molecule has 0 aliphatic carbocycles. The highest BCUT2D eigenvalue weighted by Gasteiger charge is 2.26. The zero-order valence-corrected chi connectivity index (χ0v) is 15.1. The number of hydrogen-bond acceptors (Lipinski definition) is 3. The molecule has 3 heteroatoms. The molecule has 0 atom stereocenters. The monoisotopic (exact) mass is 312 g/mol. The molecule has 0 spiro atoms. The minimum atomic E-state index is -0.923. The molecule has 0 rings (SSSR count). The molecule has 0 fully saturated rings. The summed E-state index contributed by atoms with van der Waals surface area (Å²) < 4.78 is 17.5. The van der Waals surface area contributed by atoms with Crippen molar-refractivity contribution in [3.63, 3.8) is 0 Å². The minimum absolute atomic E-state index is 0.617. The zero-order valence-electron chi connectivity index (χ0n) is 15.1. The summed E-state index contributed by atoms with van der Waals surface area (Å²) in [6.45, 7) is 10.2. The van der Waals surface area contributed by atoms with Crippen LogP contribution in [-0.2, 0) is 14.2 Å². The van der Waals surface area contributed by atoms with E-state index in [0.29, 0.717) is 19.8 Å². The fourth-order valence-electron chi connectivity index (χ4n) is 1.93. The van der Waals surface area contributed by atoms with E-state index in [1.807, 2.05) is 6.92 Å². The highest BCUT2D eigenvalue weighted by molar-refractivity contribution is 4.80. The van der Waals surface area contributed by atoms with E-state index in [-0.39, 0.29) is 0 Å². The molecule has 0 heterocycles. The summed E-state index contributed by atoms with van der Waals surface area (Å²) in [7, 11) is 0. The van der Waals surface area contributed by atoms with Crippen molar-refractivity contribution in [3.8, 4) is 0 Å². The van der Waals surface area contributed by atoms with E-state index >= 15 is 0 Å². The van der Waals surface area contributed by atoms with Crippen molar-refractivity contribution in [1.82, 2.24) is 0 Å². The Bertz CT molecular complexity index is 264. The van der Waals surface area contributed by atoms with Crippen molar-refractivity contribution in [2.75, 3.05) is 19.8 Å². The van der Waals surface area contributed by atoms with Crippen LogP contribution in [-0.4, -0.2) is 25.8 Å². The molecule has 0 unspecified atom stereocenters. The first-order chi connectivity index (χ1) is 10.7. The van der Waals surface area contributed by atoms with Crippen molar-refractivity contribution < 1.29 is 14.2 Å². The second-order valence-corrected chi connectivity index (χ2v) is 5.45. The van der Waals surface area contributed by atoms with Crippen LogP contribution < -0.4 is 0 Å². The van der Waals surface area contributed by atoms with Crippen LogP contribution in [0.2, 0.25) is 0 Å². The Labute approximate surface area is 137 Å². The average Bonchev–Trinajstić information content (AvgIpc) is 2.51. The normalized spacial score (nSPS) is 14.9. The Morgan fingerprint density at radius 3 is 1.64 bits per heavy atom. The summed E-state index contributed by atoms with van der Waals surface area (Å²) in [4.78, 5) is 0. The Balaban J connectivity index is 4.15. The van der Waals surface area contributed by atoms with Gasteiger partial charge in [0.25, 0.3) is 5.97 Å². The molecule has 0 N–H and O–H groups in total. The molecule has 0 saturated carbocycles. The Hall–Kier alpha value is -0.640. The van der Waals surface area contributed by atoms with E-state index in [1.165, 1.54) is 12.8 Å². The third-order valence-corrected chi connectivity index (χ3v) is 3.21. The van der Waals surface area contributed by atoms with Gasteiger partial charge in [0.15, 0.2) is 0 Å². The molecule has 0 amide bonds. The molecule has 0 aliphatic rings. The van der Waals surface area contributed by atoms with E-state index < -0.39 is 5.97 Å². The van der Waals surface area contributed by atoms with Gasteiger partial charge in [-0.2, -0.15) is 0 Å². The average molecular weight is 312 g/mol. The lowest BCUT2D eigenvalue weighted by atomic mass is 10.3. The van der Waals surface area contributed by atoms with Crippen molar-refractivity contribution in [2.24, 2.45) is 0 Å². The maximum atomic E-state index is 5.85. The maximum Gasteiger partial charge on any atom is 0.279 e. The molecule has 0 aromatic heterocycles. The van der Waals surface area contributed by atoms with Crippen LogP contribution in [0.1, 0.15) is 72.6 Å². The largest absolute Gasteiger partial charge is 0.328 e. The first-order valence-corrected chi connectivity index (χ1v) is 8.90. The predicted octanol–water partition coefficient (Wildman–Crippen LogP) is 5.61. The van der Waals surface area contributed by atoms with Crippen molar-refractivity contribution in [3.05, 3.63) is 24.3 Å². The number of unbranched alkanes of at least 4 members (excludes halogenated alkanes) is 2. The first-order valence-electron chi connectivity index (χ1n) is 8.90. The topological polar surface area (TPSA) is 27.7 Å². The fraction of sp³-hybridized carbons (Fsp3) is 0.789. The molecule has 0 bridgehead atoms. The van der Waals surface area contributed by atoms with Crippen LogP contribution in [0.15, 0.2) is 24.3 Å². The van der Waals surface area contributed by atoms with Crippen LogP contribution >= 0.6 is 0 Å². The van der Waals surface area contributed by atoms with Crippen molar-refractivity contribution in [1.29, 1.82) is 0 Å². The van der Waals surface area contributed by atoms with Gasteiger partial charge in [-0.3, -0.25) is 0 Å². The lowest BCUT2D eigenvalue weighted by Gasteiger charge is -2.29. The second-order valence-electron chi connectivity index (χ2n) is 5.45. The summed E-state index contributed by atoms with van der Waals surface area (Å²) in [5.74, 6) is -0.923. The smallest absolute Gasteiger partial charge is 0.279 e. The molecule has 3 nitrogen and oxygen atoms in total. The number of allylic oxidation sites excluding steroid dienone is 2. The molecule has 0 aromatic carbocycles. The molecule has 0 radical (unpaired) electrons. The number of ether oxygens (including phenoxy) is 3. The molecular weight excluding hydrogens is 276 g/mol. The van der Waals surface area contributed by atoms with Gasteiger partial charge in [0.2, 0.25) is 0 Å². The van der Waals surface area contributed by atoms with Gasteiger partial charge in [0.05, 0.1) is 19.8 Å². The van der Waals surface area contributed by atoms with Crippen molar-refractivity contribution in [2.45, 2.75) is 78.6 Å². The summed E-state index contributed by atoms with van der Waals surface area (Å²) in [5, 5.41) is 0. The van der Waals surface area contributed by atoms with Crippen LogP contribution in [0.5, 0.6) is 0 Å². The van der Waals surface area contributed by atoms with Gasteiger partial charge in [-0.05, 0) is 32.1 Å². The summed E-state index contributed by atoms with van der Waals surface area (Å²) in [5.41, 5.74) is 0. The van der Waals surface area contributed by atoms with Crippen molar-refractivity contribution >= 4 is 0 Å².